The summed E-state index contributed by atoms with van der Waals surface area (Å²) < 4.78 is 9.43. The van der Waals surface area contributed by atoms with Crippen molar-refractivity contribution in [2.75, 3.05) is 18.6 Å². The summed E-state index contributed by atoms with van der Waals surface area (Å²) in [6.45, 7) is 2.82. The van der Waals surface area contributed by atoms with Crippen molar-refractivity contribution < 1.29 is 9.53 Å². The molecule has 2 aromatic heterocycles. The minimum atomic E-state index is -0.758. The summed E-state index contributed by atoms with van der Waals surface area (Å²) in [6.07, 6.45) is 0. The monoisotopic (exact) mass is 398 g/mol. The second-order valence-electron chi connectivity index (χ2n) is 7.28. The number of ether oxygens (including phenoxy) is 1. The van der Waals surface area contributed by atoms with Crippen molar-refractivity contribution in [2.45, 2.75) is 20.0 Å². The van der Waals surface area contributed by atoms with Crippen LogP contribution in [-0.4, -0.2) is 38.2 Å². The number of nitrogens with two attached hydrogens (primary N) is 1. The maximum atomic E-state index is 13.1. The van der Waals surface area contributed by atoms with Gasteiger partial charge in [-0.15, -0.1) is 0 Å². The first kappa shape index (κ1) is 18.8. The Morgan fingerprint density at radius 2 is 2.00 bits per heavy atom. The molecule has 0 bridgehead atoms. The average Bonchev–Trinajstić information content (AvgIpc) is 3.08. The number of carbonyl (C=O) groups is 1. The highest BCUT2D eigenvalue weighted by Gasteiger charge is 2.31. The number of fused-ring (bicyclic) bond motifs is 3. The molecule has 3 aromatic rings. The summed E-state index contributed by atoms with van der Waals surface area (Å²) >= 11 is 0. The Labute approximate surface area is 165 Å². The Kier molecular flexibility index (Phi) is 4.40. The highest BCUT2D eigenvalue weighted by atomic mass is 16.5. The van der Waals surface area contributed by atoms with E-state index >= 15 is 0 Å². The molecule has 1 amide bonds. The van der Waals surface area contributed by atoms with Crippen LogP contribution in [-0.2, 0) is 24.9 Å². The summed E-state index contributed by atoms with van der Waals surface area (Å²) in [5.41, 5.74) is 5.39. The maximum Gasteiger partial charge on any atom is 0.332 e. The first-order valence-corrected chi connectivity index (χ1v) is 9.22. The van der Waals surface area contributed by atoms with E-state index in [9.17, 15) is 14.4 Å². The van der Waals surface area contributed by atoms with Crippen LogP contribution in [0.25, 0.3) is 11.2 Å². The molecule has 0 spiro atoms. The molecule has 10 heteroatoms. The number of amides is 1. The number of benzene rings is 1. The number of imidazole rings is 1. The summed E-state index contributed by atoms with van der Waals surface area (Å²) in [7, 11) is 3.12. The number of primary amides is 1. The summed E-state index contributed by atoms with van der Waals surface area (Å²) in [5, 5.41) is 0. The third kappa shape index (κ3) is 2.87. The van der Waals surface area contributed by atoms with E-state index in [4.69, 9.17) is 10.5 Å². The molecule has 2 N–H and O–H groups in total. The minimum Gasteiger partial charge on any atom is -0.495 e. The van der Waals surface area contributed by atoms with Gasteiger partial charge in [-0.05, 0) is 18.1 Å². The molecular formula is C19H22N6O4. The highest BCUT2D eigenvalue weighted by molar-refractivity contribution is 5.79. The van der Waals surface area contributed by atoms with Gasteiger partial charge in [0.1, 0.15) is 12.3 Å². The lowest BCUT2D eigenvalue weighted by Crippen LogP contribution is -2.43. The van der Waals surface area contributed by atoms with Crippen molar-refractivity contribution in [1.29, 1.82) is 0 Å². The average molecular weight is 398 g/mol. The molecule has 1 aliphatic rings. The lowest BCUT2D eigenvalue weighted by atomic mass is 10.1. The van der Waals surface area contributed by atoms with Gasteiger partial charge in [0.25, 0.3) is 5.56 Å². The van der Waals surface area contributed by atoms with Crippen LogP contribution >= 0.6 is 0 Å². The molecule has 29 heavy (non-hydrogen) atoms. The third-order valence-corrected chi connectivity index (χ3v) is 5.13. The zero-order valence-corrected chi connectivity index (χ0v) is 16.5. The molecule has 3 heterocycles. The lowest BCUT2D eigenvalue weighted by Gasteiger charge is -2.33. The summed E-state index contributed by atoms with van der Waals surface area (Å²) in [4.78, 5) is 43.7. The second kappa shape index (κ2) is 6.80. The first-order valence-electron chi connectivity index (χ1n) is 9.22. The minimum absolute atomic E-state index is 0.200. The van der Waals surface area contributed by atoms with E-state index in [2.05, 4.69) is 11.9 Å². The van der Waals surface area contributed by atoms with Crippen LogP contribution in [0.1, 0.15) is 6.92 Å². The van der Waals surface area contributed by atoms with Gasteiger partial charge in [0, 0.05) is 20.1 Å². The molecule has 1 aromatic carbocycles. The quantitative estimate of drug-likeness (QED) is 0.670. The van der Waals surface area contributed by atoms with Crippen LogP contribution in [0.4, 0.5) is 11.6 Å². The van der Waals surface area contributed by atoms with E-state index in [0.717, 1.165) is 10.3 Å². The second-order valence-corrected chi connectivity index (χ2v) is 7.28. The molecule has 0 fully saturated rings. The zero-order chi connectivity index (χ0) is 20.9. The van der Waals surface area contributed by atoms with Gasteiger partial charge >= 0.3 is 5.69 Å². The molecule has 1 aliphatic heterocycles. The van der Waals surface area contributed by atoms with Crippen LogP contribution in [0, 0.1) is 5.92 Å². The Bertz CT molecular complexity index is 1240. The highest BCUT2D eigenvalue weighted by Crippen LogP contribution is 2.37. The van der Waals surface area contributed by atoms with E-state index in [1.165, 1.54) is 11.6 Å². The molecule has 0 unspecified atom stereocenters. The largest absolute Gasteiger partial charge is 0.495 e. The predicted octanol–water partition coefficient (Wildman–Crippen LogP) is 0.178. The van der Waals surface area contributed by atoms with Crippen molar-refractivity contribution in [3.8, 4) is 5.75 Å². The number of hydrogen-bond acceptors (Lipinski definition) is 6. The molecule has 0 aliphatic carbocycles. The fourth-order valence-electron chi connectivity index (χ4n) is 3.86. The SMILES string of the molecule is COc1ccccc1N1C[C@@H](C)Cn2c1nc1c2c(=O)n(CC(N)=O)c(=O)n1C. The topological polar surface area (TPSA) is 117 Å². The Hall–Kier alpha value is -3.56. The van der Waals surface area contributed by atoms with Crippen molar-refractivity contribution >= 4 is 28.7 Å². The van der Waals surface area contributed by atoms with Gasteiger partial charge in [-0.3, -0.25) is 14.2 Å². The summed E-state index contributed by atoms with van der Waals surface area (Å²) in [5.74, 6) is 0.670. The van der Waals surface area contributed by atoms with Crippen molar-refractivity contribution in [3.63, 3.8) is 0 Å². The van der Waals surface area contributed by atoms with Gasteiger partial charge < -0.3 is 19.9 Å². The molecular weight excluding hydrogens is 376 g/mol. The number of aryl methyl sites for hydroxylation is 1. The number of aromatic nitrogens is 4. The number of rotatable bonds is 4. The standard InChI is InChI=1S/C19H22N6O4/c1-11-8-23(12-6-4-5-7-13(12)29-3)18-21-16-15(24(18)9-11)17(27)25(10-14(20)26)19(28)22(16)2/h4-7,11H,8-10H2,1-3H3,(H2,20,26)/t11-/m1/s1. The molecule has 0 radical (unpaired) electrons. The normalized spacial score (nSPS) is 16.1. The Balaban J connectivity index is 2.03. The van der Waals surface area contributed by atoms with E-state index < -0.39 is 23.7 Å². The number of carbonyl (C=O) groups excluding carboxylic acids is 1. The molecule has 0 saturated heterocycles. The molecule has 152 valence electrons. The van der Waals surface area contributed by atoms with Crippen LogP contribution in [0.3, 0.4) is 0 Å². The lowest BCUT2D eigenvalue weighted by molar-refractivity contribution is -0.118. The number of nitrogens with zero attached hydrogens (tertiary/aromatic N) is 5. The van der Waals surface area contributed by atoms with Crippen molar-refractivity contribution in [1.82, 2.24) is 18.7 Å². The van der Waals surface area contributed by atoms with Gasteiger partial charge in [-0.25, -0.2) is 9.36 Å². The van der Waals surface area contributed by atoms with Crippen LogP contribution in [0.15, 0.2) is 33.9 Å². The van der Waals surface area contributed by atoms with E-state index in [0.29, 0.717) is 24.8 Å². The Morgan fingerprint density at radius 3 is 2.69 bits per heavy atom. The predicted molar refractivity (Wildman–Crippen MR) is 108 cm³/mol. The van der Waals surface area contributed by atoms with Gasteiger partial charge in [0.05, 0.1) is 12.8 Å². The first-order chi connectivity index (χ1) is 13.8. The van der Waals surface area contributed by atoms with E-state index in [1.54, 1.807) is 11.7 Å². The van der Waals surface area contributed by atoms with Gasteiger partial charge in [0.2, 0.25) is 11.9 Å². The Morgan fingerprint density at radius 1 is 1.28 bits per heavy atom. The van der Waals surface area contributed by atoms with Crippen molar-refractivity contribution in [2.24, 2.45) is 18.7 Å². The van der Waals surface area contributed by atoms with Crippen LogP contribution in [0.5, 0.6) is 5.75 Å². The number of para-hydroxylation sites is 2. The third-order valence-electron chi connectivity index (χ3n) is 5.13. The summed E-state index contributed by atoms with van der Waals surface area (Å²) in [6, 6.07) is 7.56. The zero-order valence-electron chi connectivity index (χ0n) is 16.5. The molecule has 10 nitrogen and oxygen atoms in total. The smallest absolute Gasteiger partial charge is 0.332 e. The molecule has 1 atom stereocenters. The van der Waals surface area contributed by atoms with E-state index in [1.807, 2.05) is 29.2 Å². The molecule has 0 saturated carbocycles. The van der Waals surface area contributed by atoms with Crippen LogP contribution < -0.4 is 26.6 Å². The molecule has 4 rings (SSSR count). The van der Waals surface area contributed by atoms with Gasteiger partial charge in [-0.2, -0.15) is 4.98 Å². The van der Waals surface area contributed by atoms with Crippen LogP contribution in [0.2, 0.25) is 0 Å². The fraction of sp³-hybridized carbons (Fsp3) is 0.368. The maximum absolute atomic E-state index is 13.1. The fourth-order valence-corrected chi connectivity index (χ4v) is 3.86. The van der Waals surface area contributed by atoms with Crippen molar-refractivity contribution in [3.05, 3.63) is 45.1 Å². The number of anilines is 2. The van der Waals surface area contributed by atoms with E-state index in [-0.39, 0.29) is 17.1 Å². The van der Waals surface area contributed by atoms with Gasteiger partial charge in [-0.1, -0.05) is 19.1 Å². The van der Waals surface area contributed by atoms with Gasteiger partial charge in [0.15, 0.2) is 11.2 Å². The number of methoxy groups -OCH3 is 1. The number of hydrogen-bond donors (Lipinski definition) is 1.